The number of sulfone groups is 1. The number of anilines is 1. The van der Waals surface area contributed by atoms with E-state index < -0.39 is 26.5 Å². The van der Waals surface area contributed by atoms with Gasteiger partial charge in [-0.05, 0) is 28.8 Å². The number of hydrogen-bond acceptors (Lipinski definition) is 6. The Balaban J connectivity index is 1.46. The molecule has 3 unspecified atom stereocenters. The van der Waals surface area contributed by atoms with Gasteiger partial charge < -0.3 is 0 Å². The lowest BCUT2D eigenvalue weighted by molar-refractivity contribution is 0.552. The van der Waals surface area contributed by atoms with E-state index in [1.807, 2.05) is 126 Å². The third-order valence-corrected chi connectivity index (χ3v) is 9.10. The van der Waals surface area contributed by atoms with Crippen molar-refractivity contribution in [2.24, 2.45) is 10.2 Å². The summed E-state index contributed by atoms with van der Waals surface area (Å²) >= 11 is 0. The molecule has 6 rings (SSSR count). The average molecular weight is 507 g/mol. The van der Waals surface area contributed by atoms with Gasteiger partial charge in [0.2, 0.25) is 0 Å². The van der Waals surface area contributed by atoms with Crippen LogP contribution in [0.4, 0.5) is 5.69 Å². The van der Waals surface area contributed by atoms with Crippen LogP contribution in [0.15, 0.2) is 132 Å². The summed E-state index contributed by atoms with van der Waals surface area (Å²) in [6.07, 6.45) is 0.289. The Bertz CT molecular complexity index is 1540. The fourth-order valence-corrected chi connectivity index (χ4v) is 7.11. The van der Waals surface area contributed by atoms with E-state index in [1.54, 1.807) is 0 Å². The largest absolute Gasteiger partial charge is 0.291 e. The van der Waals surface area contributed by atoms with Crippen LogP contribution in [0, 0.1) is 0 Å². The van der Waals surface area contributed by atoms with Crippen LogP contribution in [-0.2, 0) is 9.84 Å². The SMILES string of the molecule is O=S(=O)(C1CC(c2ccccc2)=NN1)C1C(c2ccccc2)=NN(c2ccccc2)C1c1ccccc1. The Morgan fingerprint density at radius 2 is 1.24 bits per heavy atom. The van der Waals surface area contributed by atoms with Crippen molar-refractivity contribution in [3.8, 4) is 0 Å². The van der Waals surface area contributed by atoms with Crippen LogP contribution in [0.3, 0.4) is 0 Å². The standard InChI is InChI=1S/C30H26N4O2S/c35-37(36,27-21-26(31-32-27)22-13-5-1-6-14-22)30-28(23-15-7-2-8-16-23)33-34(25-19-11-4-12-20-25)29(30)24-17-9-3-10-18-24/h1-20,27,29-30,32H,21H2. The quantitative estimate of drug-likeness (QED) is 0.392. The molecule has 2 aliphatic rings. The molecule has 0 radical (unpaired) electrons. The minimum absolute atomic E-state index is 0.289. The summed E-state index contributed by atoms with van der Waals surface area (Å²) in [6.45, 7) is 0. The molecule has 1 N–H and O–H groups in total. The minimum atomic E-state index is -3.81. The highest BCUT2D eigenvalue weighted by molar-refractivity contribution is 7.93. The van der Waals surface area contributed by atoms with Gasteiger partial charge in [0.05, 0.1) is 17.1 Å². The first kappa shape index (κ1) is 23.2. The van der Waals surface area contributed by atoms with Crippen LogP contribution < -0.4 is 10.4 Å². The number of hydrogen-bond donors (Lipinski definition) is 1. The van der Waals surface area contributed by atoms with Crippen molar-refractivity contribution in [2.75, 3.05) is 5.01 Å². The monoisotopic (exact) mass is 506 g/mol. The lowest BCUT2D eigenvalue weighted by Crippen LogP contribution is -2.45. The topological polar surface area (TPSA) is 74.1 Å². The van der Waals surface area contributed by atoms with Crippen LogP contribution in [0.2, 0.25) is 0 Å². The number of rotatable bonds is 6. The normalized spacial score (nSPS) is 21.3. The molecule has 0 aliphatic carbocycles. The molecule has 0 amide bonds. The Hall–Kier alpha value is -4.23. The number of para-hydroxylation sites is 1. The summed E-state index contributed by atoms with van der Waals surface area (Å²) in [4.78, 5) is 0. The van der Waals surface area contributed by atoms with E-state index in [-0.39, 0.29) is 6.42 Å². The zero-order valence-electron chi connectivity index (χ0n) is 20.1. The summed E-state index contributed by atoms with van der Waals surface area (Å²) in [6, 6.07) is 38.2. The van der Waals surface area contributed by atoms with Crippen molar-refractivity contribution < 1.29 is 8.42 Å². The smallest absolute Gasteiger partial charge is 0.184 e. The maximum absolute atomic E-state index is 14.5. The fraction of sp³-hybridized carbons (Fsp3) is 0.133. The van der Waals surface area contributed by atoms with Gasteiger partial charge in [0.1, 0.15) is 11.3 Å². The molecule has 0 aromatic heterocycles. The molecule has 0 spiro atoms. The minimum Gasteiger partial charge on any atom is -0.291 e. The van der Waals surface area contributed by atoms with Crippen LogP contribution in [0.1, 0.15) is 29.2 Å². The van der Waals surface area contributed by atoms with E-state index in [9.17, 15) is 8.42 Å². The maximum Gasteiger partial charge on any atom is 0.184 e. The van der Waals surface area contributed by atoms with Gasteiger partial charge in [-0.1, -0.05) is 109 Å². The molecule has 4 aromatic carbocycles. The summed E-state index contributed by atoms with van der Waals surface area (Å²) < 4.78 is 29.0. The fourth-order valence-electron chi connectivity index (χ4n) is 5.04. The predicted molar refractivity (Wildman–Crippen MR) is 148 cm³/mol. The molecule has 0 saturated carbocycles. The van der Waals surface area contributed by atoms with Crippen molar-refractivity contribution in [3.05, 3.63) is 138 Å². The van der Waals surface area contributed by atoms with E-state index in [0.717, 1.165) is 28.1 Å². The Kier molecular flexibility index (Phi) is 6.06. The molecule has 6 nitrogen and oxygen atoms in total. The van der Waals surface area contributed by atoms with Gasteiger partial charge in [-0.25, -0.2) is 8.42 Å². The molecule has 2 heterocycles. The molecule has 3 atom stereocenters. The van der Waals surface area contributed by atoms with Gasteiger partial charge in [0.15, 0.2) is 15.2 Å². The van der Waals surface area contributed by atoms with E-state index >= 15 is 0 Å². The summed E-state index contributed by atoms with van der Waals surface area (Å²) in [5.41, 5.74) is 7.65. The summed E-state index contributed by atoms with van der Waals surface area (Å²) in [7, 11) is -3.81. The van der Waals surface area contributed by atoms with Gasteiger partial charge in [-0.2, -0.15) is 10.2 Å². The van der Waals surface area contributed by atoms with E-state index in [2.05, 4.69) is 10.5 Å². The maximum atomic E-state index is 14.5. The van der Waals surface area contributed by atoms with E-state index in [1.165, 1.54) is 0 Å². The van der Waals surface area contributed by atoms with Crippen molar-refractivity contribution in [1.82, 2.24) is 5.43 Å². The van der Waals surface area contributed by atoms with Gasteiger partial charge in [-0.15, -0.1) is 0 Å². The van der Waals surface area contributed by atoms with Crippen LogP contribution in [0.5, 0.6) is 0 Å². The molecule has 0 bridgehead atoms. The highest BCUT2D eigenvalue weighted by Gasteiger charge is 2.51. The molecule has 0 fully saturated rings. The Morgan fingerprint density at radius 1 is 0.703 bits per heavy atom. The van der Waals surface area contributed by atoms with Gasteiger partial charge in [-0.3, -0.25) is 10.4 Å². The highest BCUT2D eigenvalue weighted by Crippen LogP contribution is 2.41. The van der Waals surface area contributed by atoms with E-state index in [0.29, 0.717) is 5.71 Å². The lowest BCUT2D eigenvalue weighted by atomic mass is 9.97. The summed E-state index contributed by atoms with van der Waals surface area (Å²) in [5, 5.41) is 9.51. The molecule has 7 heteroatoms. The van der Waals surface area contributed by atoms with Crippen molar-refractivity contribution in [1.29, 1.82) is 0 Å². The zero-order valence-corrected chi connectivity index (χ0v) is 20.9. The van der Waals surface area contributed by atoms with Crippen LogP contribution >= 0.6 is 0 Å². The second-order valence-corrected chi connectivity index (χ2v) is 11.4. The second kappa shape index (κ2) is 9.67. The van der Waals surface area contributed by atoms with Crippen molar-refractivity contribution in [3.63, 3.8) is 0 Å². The molecule has 4 aromatic rings. The van der Waals surface area contributed by atoms with Gasteiger partial charge in [0.25, 0.3) is 0 Å². The lowest BCUT2D eigenvalue weighted by Gasteiger charge is -2.30. The van der Waals surface area contributed by atoms with Crippen molar-refractivity contribution in [2.45, 2.75) is 23.1 Å². The first-order valence-corrected chi connectivity index (χ1v) is 13.9. The third-order valence-electron chi connectivity index (χ3n) is 6.85. The van der Waals surface area contributed by atoms with Gasteiger partial charge >= 0.3 is 0 Å². The third kappa shape index (κ3) is 4.32. The second-order valence-electron chi connectivity index (χ2n) is 9.14. The predicted octanol–water partition coefficient (Wildman–Crippen LogP) is 5.16. The highest BCUT2D eigenvalue weighted by atomic mass is 32.2. The summed E-state index contributed by atoms with van der Waals surface area (Å²) in [5.74, 6) is 0. The number of hydrazone groups is 2. The molecule has 37 heavy (non-hydrogen) atoms. The first-order chi connectivity index (χ1) is 18.1. The zero-order chi connectivity index (χ0) is 25.2. The molecule has 2 aliphatic heterocycles. The van der Waals surface area contributed by atoms with E-state index in [4.69, 9.17) is 5.10 Å². The number of nitrogens with zero attached hydrogens (tertiary/aromatic N) is 3. The molecular weight excluding hydrogens is 480 g/mol. The van der Waals surface area contributed by atoms with Crippen LogP contribution in [0.25, 0.3) is 0 Å². The van der Waals surface area contributed by atoms with Gasteiger partial charge in [0, 0.05) is 6.42 Å². The molecule has 184 valence electrons. The average Bonchev–Trinajstić information content (AvgIpc) is 3.62. The Morgan fingerprint density at radius 3 is 1.86 bits per heavy atom. The van der Waals surface area contributed by atoms with Crippen LogP contribution in [-0.4, -0.2) is 30.5 Å². The van der Waals surface area contributed by atoms with Crippen molar-refractivity contribution >= 4 is 26.9 Å². The molecule has 0 saturated heterocycles. The molecular formula is C30H26N4O2S. The number of nitrogens with one attached hydrogen (secondary N) is 1. The number of benzene rings is 4. The first-order valence-electron chi connectivity index (χ1n) is 12.3. The Labute approximate surface area is 216 Å².